The molecule has 1 aliphatic heterocycles. The maximum atomic E-state index is 11.5. The fourth-order valence-corrected chi connectivity index (χ4v) is 1.65. The van der Waals surface area contributed by atoms with Gasteiger partial charge in [-0.1, -0.05) is 0 Å². The van der Waals surface area contributed by atoms with E-state index in [4.69, 9.17) is 4.74 Å². The molecule has 0 fully saturated rings. The average Bonchev–Trinajstić information content (AvgIpc) is 2.29. The molecule has 1 unspecified atom stereocenters. The van der Waals surface area contributed by atoms with E-state index in [9.17, 15) is 4.79 Å². The smallest absolute Gasteiger partial charge is 0.339 e. The summed E-state index contributed by atoms with van der Waals surface area (Å²) in [5, 5.41) is 3.10. The predicted octanol–water partition coefficient (Wildman–Crippen LogP) is 1.26. The van der Waals surface area contributed by atoms with Gasteiger partial charge in [-0.2, -0.15) is 0 Å². The van der Waals surface area contributed by atoms with E-state index in [1.54, 1.807) is 18.6 Å². The van der Waals surface area contributed by atoms with E-state index >= 15 is 0 Å². The van der Waals surface area contributed by atoms with E-state index in [1.807, 2.05) is 13.0 Å². The van der Waals surface area contributed by atoms with Gasteiger partial charge in [-0.05, 0) is 18.6 Å². The van der Waals surface area contributed by atoms with Crippen LogP contribution < -0.4 is 5.32 Å². The largest absolute Gasteiger partial charge is 0.465 e. The molecule has 2 heterocycles. The first-order valence-electron chi connectivity index (χ1n) is 4.73. The van der Waals surface area contributed by atoms with Crippen LogP contribution in [0.25, 0.3) is 5.57 Å². The molecule has 15 heavy (non-hydrogen) atoms. The number of ether oxygens (including phenoxy) is 1. The highest BCUT2D eigenvalue weighted by atomic mass is 16.5. The number of nitrogens with one attached hydrogen (secondary N) is 1. The van der Waals surface area contributed by atoms with Crippen LogP contribution in [0.3, 0.4) is 0 Å². The van der Waals surface area contributed by atoms with Crippen LogP contribution in [0.1, 0.15) is 24.1 Å². The number of carbonyl (C=O) groups is 1. The summed E-state index contributed by atoms with van der Waals surface area (Å²) in [7, 11) is 1.38. The highest BCUT2D eigenvalue weighted by Gasteiger charge is 2.22. The van der Waals surface area contributed by atoms with Crippen molar-refractivity contribution < 1.29 is 9.53 Å². The third kappa shape index (κ3) is 1.58. The molecular formula is C11H12N2O2. The molecule has 0 radical (unpaired) electrons. The number of esters is 1. The first-order valence-corrected chi connectivity index (χ1v) is 4.73. The summed E-state index contributed by atoms with van der Waals surface area (Å²) in [6.07, 6.45) is 5.13. The second kappa shape index (κ2) is 3.73. The highest BCUT2D eigenvalue weighted by Crippen LogP contribution is 2.28. The summed E-state index contributed by atoms with van der Waals surface area (Å²) in [4.78, 5) is 15.5. The summed E-state index contributed by atoms with van der Waals surface area (Å²) in [5.74, 6) is -0.332. The van der Waals surface area contributed by atoms with Gasteiger partial charge in [-0.3, -0.25) is 4.98 Å². The van der Waals surface area contributed by atoms with Gasteiger partial charge in [0.25, 0.3) is 0 Å². The van der Waals surface area contributed by atoms with Gasteiger partial charge in [0, 0.05) is 24.2 Å². The lowest BCUT2D eigenvalue weighted by Gasteiger charge is -2.22. The lowest BCUT2D eigenvalue weighted by Crippen LogP contribution is -2.22. The van der Waals surface area contributed by atoms with Crippen molar-refractivity contribution in [1.29, 1.82) is 0 Å². The maximum Gasteiger partial charge on any atom is 0.339 e. The third-order valence-electron chi connectivity index (χ3n) is 2.49. The van der Waals surface area contributed by atoms with Gasteiger partial charge in [0.2, 0.25) is 0 Å². The molecule has 1 N–H and O–H groups in total. The van der Waals surface area contributed by atoms with Crippen LogP contribution in [-0.4, -0.2) is 18.1 Å². The normalized spacial score (nSPS) is 18.5. The molecular weight excluding hydrogens is 192 g/mol. The van der Waals surface area contributed by atoms with Crippen molar-refractivity contribution in [2.45, 2.75) is 13.0 Å². The fourth-order valence-electron chi connectivity index (χ4n) is 1.65. The maximum absolute atomic E-state index is 11.5. The van der Waals surface area contributed by atoms with E-state index < -0.39 is 0 Å². The second-order valence-corrected chi connectivity index (χ2v) is 3.40. The van der Waals surface area contributed by atoms with Crippen LogP contribution in [0.4, 0.5) is 0 Å². The molecule has 0 aliphatic carbocycles. The summed E-state index contributed by atoms with van der Waals surface area (Å²) >= 11 is 0. The topological polar surface area (TPSA) is 51.2 Å². The molecule has 1 aromatic heterocycles. The molecule has 0 saturated heterocycles. The van der Waals surface area contributed by atoms with Crippen molar-refractivity contribution in [3.05, 3.63) is 35.8 Å². The van der Waals surface area contributed by atoms with Gasteiger partial charge >= 0.3 is 5.97 Å². The fraction of sp³-hybridized carbons (Fsp3) is 0.273. The number of methoxy groups -OCH3 is 1. The summed E-state index contributed by atoms with van der Waals surface area (Å²) < 4.78 is 4.71. The molecule has 0 amide bonds. The number of carbonyl (C=O) groups excluding carboxylic acids is 1. The summed E-state index contributed by atoms with van der Waals surface area (Å²) in [6, 6.07) is 2.00. The van der Waals surface area contributed by atoms with Gasteiger partial charge in [-0.15, -0.1) is 0 Å². The summed E-state index contributed by atoms with van der Waals surface area (Å²) in [5.41, 5.74) is 2.46. The molecule has 0 saturated carbocycles. The molecule has 78 valence electrons. The number of pyridine rings is 1. The first-order chi connectivity index (χ1) is 7.24. The third-order valence-corrected chi connectivity index (χ3v) is 2.49. The molecule has 1 atom stereocenters. The van der Waals surface area contributed by atoms with Gasteiger partial charge in [0.05, 0.1) is 18.7 Å². The molecule has 0 bridgehead atoms. The minimum absolute atomic E-state index is 0.169. The monoisotopic (exact) mass is 204 g/mol. The minimum Gasteiger partial charge on any atom is -0.465 e. The number of aromatic nitrogens is 1. The Labute approximate surface area is 88.0 Å². The van der Waals surface area contributed by atoms with E-state index in [0.717, 1.165) is 11.1 Å². The number of hydrogen-bond donors (Lipinski definition) is 1. The molecule has 0 aromatic carbocycles. The SMILES string of the molecule is COC(=O)C1=CNC(C)c2cnccc21. The Morgan fingerprint density at radius 1 is 1.60 bits per heavy atom. The van der Waals surface area contributed by atoms with E-state index in [-0.39, 0.29) is 12.0 Å². The lowest BCUT2D eigenvalue weighted by atomic mass is 9.95. The number of fused-ring (bicyclic) bond motifs is 1. The minimum atomic E-state index is -0.332. The van der Waals surface area contributed by atoms with Crippen LogP contribution >= 0.6 is 0 Å². The van der Waals surface area contributed by atoms with Gasteiger partial charge in [-0.25, -0.2) is 4.79 Å². The van der Waals surface area contributed by atoms with Crippen LogP contribution in [-0.2, 0) is 9.53 Å². The van der Waals surface area contributed by atoms with Crippen LogP contribution in [0.2, 0.25) is 0 Å². The zero-order valence-corrected chi connectivity index (χ0v) is 8.65. The van der Waals surface area contributed by atoms with Gasteiger partial charge < -0.3 is 10.1 Å². The highest BCUT2D eigenvalue weighted by molar-refractivity contribution is 6.17. The number of hydrogen-bond acceptors (Lipinski definition) is 4. The Balaban J connectivity index is 2.49. The molecule has 1 aliphatic rings. The predicted molar refractivity (Wildman–Crippen MR) is 55.8 cm³/mol. The lowest BCUT2D eigenvalue weighted by molar-refractivity contribution is -0.133. The van der Waals surface area contributed by atoms with Crippen LogP contribution in [0.15, 0.2) is 24.7 Å². The zero-order chi connectivity index (χ0) is 10.8. The quantitative estimate of drug-likeness (QED) is 0.700. The Kier molecular flexibility index (Phi) is 2.41. The molecule has 1 aromatic rings. The van der Waals surface area contributed by atoms with Crippen molar-refractivity contribution in [2.75, 3.05) is 7.11 Å². The Morgan fingerprint density at radius 3 is 3.13 bits per heavy atom. The molecule has 4 nitrogen and oxygen atoms in total. The zero-order valence-electron chi connectivity index (χ0n) is 8.65. The van der Waals surface area contributed by atoms with Crippen molar-refractivity contribution in [2.24, 2.45) is 0 Å². The molecule has 4 heteroatoms. The standard InChI is InChI=1S/C11H12N2O2/c1-7-9-5-12-4-3-8(9)10(6-13-7)11(14)15-2/h3-7,13H,1-2H3. The average molecular weight is 204 g/mol. The molecule has 0 spiro atoms. The van der Waals surface area contributed by atoms with E-state index in [2.05, 4.69) is 10.3 Å². The second-order valence-electron chi connectivity index (χ2n) is 3.40. The van der Waals surface area contributed by atoms with Crippen molar-refractivity contribution in [3.63, 3.8) is 0 Å². The van der Waals surface area contributed by atoms with Gasteiger partial charge in [0.15, 0.2) is 0 Å². The first kappa shape index (κ1) is 9.71. The Bertz CT molecular complexity index is 426. The van der Waals surface area contributed by atoms with Gasteiger partial charge in [0.1, 0.15) is 0 Å². The van der Waals surface area contributed by atoms with Crippen LogP contribution in [0.5, 0.6) is 0 Å². The number of rotatable bonds is 1. The van der Waals surface area contributed by atoms with Crippen molar-refractivity contribution in [1.82, 2.24) is 10.3 Å². The summed E-state index contributed by atoms with van der Waals surface area (Å²) in [6.45, 7) is 2.02. The van der Waals surface area contributed by atoms with Crippen LogP contribution in [0, 0.1) is 0 Å². The molecule has 2 rings (SSSR count). The van der Waals surface area contributed by atoms with Crippen molar-refractivity contribution >= 4 is 11.5 Å². The Hall–Kier alpha value is -1.84. The Morgan fingerprint density at radius 2 is 2.40 bits per heavy atom. The van der Waals surface area contributed by atoms with E-state index in [1.165, 1.54) is 7.11 Å². The van der Waals surface area contributed by atoms with Crippen molar-refractivity contribution in [3.8, 4) is 0 Å². The number of nitrogens with zero attached hydrogens (tertiary/aromatic N) is 1. The van der Waals surface area contributed by atoms with E-state index in [0.29, 0.717) is 5.57 Å².